The van der Waals surface area contributed by atoms with E-state index in [1.54, 1.807) is 41.8 Å². The van der Waals surface area contributed by atoms with Crippen molar-refractivity contribution < 1.29 is 9.90 Å². The molecular formula is C22H16Cl2N2O3. The standard InChI is InChI=1S/C22H16Cl2N2O3/c1-3-26-12(2)18(14-6-9-17(24)15(10-14)11-25)21(27)19(22(28)29)20(26)13-4-7-16(23)8-5-13/h4-10H,3H2,1-2H3,(H,28,29). The maximum absolute atomic E-state index is 13.3. The van der Waals surface area contributed by atoms with Crippen LogP contribution in [0.25, 0.3) is 22.4 Å². The maximum Gasteiger partial charge on any atom is 0.341 e. The molecule has 3 rings (SSSR count). The van der Waals surface area contributed by atoms with E-state index in [1.165, 1.54) is 12.1 Å². The van der Waals surface area contributed by atoms with Crippen molar-refractivity contribution in [2.75, 3.05) is 0 Å². The van der Waals surface area contributed by atoms with Gasteiger partial charge in [-0.25, -0.2) is 4.79 Å². The normalized spacial score (nSPS) is 10.6. The van der Waals surface area contributed by atoms with E-state index in [4.69, 9.17) is 23.2 Å². The van der Waals surface area contributed by atoms with Gasteiger partial charge in [-0.15, -0.1) is 0 Å². The number of hydrogen-bond acceptors (Lipinski definition) is 3. The first-order chi connectivity index (χ1) is 13.8. The first kappa shape index (κ1) is 20.7. The SMILES string of the molecule is CCn1c(C)c(-c2ccc(Cl)c(C#N)c2)c(=O)c(C(=O)O)c1-c1ccc(Cl)cc1. The molecule has 0 aliphatic heterocycles. The van der Waals surface area contributed by atoms with Gasteiger partial charge in [0.25, 0.3) is 0 Å². The zero-order valence-electron chi connectivity index (χ0n) is 15.7. The van der Waals surface area contributed by atoms with Crippen molar-refractivity contribution in [2.45, 2.75) is 20.4 Å². The van der Waals surface area contributed by atoms with Gasteiger partial charge in [-0.2, -0.15) is 5.26 Å². The highest BCUT2D eigenvalue weighted by molar-refractivity contribution is 6.31. The van der Waals surface area contributed by atoms with Crippen LogP contribution < -0.4 is 5.43 Å². The third-order valence-electron chi connectivity index (χ3n) is 4.75. The number of halogens is 2. The van der Waals surface area contributed by atoms with Gasteiger partial charge < -0.3 is 9.67 Å². The highest BCUT2D eigenvalue weighted by atomic mass is 35.5. The lowest BCUT2D eigenvalue weighted by atomic mass is 9.95. The largest absolute Gasteiger partial charge is 0.477 e. The molecule has 29 heavy (non-hydrogen) atoms. The highest BCUT2D eigenvalue weighted by Crippen LogP contribution is 2.31. The summed E-state index contributed by atoms with van der Waals surface area (Å²) >= 11 is 12.0. The number of carbonyl (C=O) groups is 1. The number of carboxylic acids is 1. The van der Waals surface area contributed by atoms with Crippen LogP contribution in [0.4, 0.5) is 0 Å². The second-order valence-corrected chi connectivity index (χ2v) is 7.22. The number of nitriles is 1. The van der Waals surface area contributed by atoms with Crippen LogP contribution in [0.1, 0.15) is 28.5 Å². The minimum Gasteiger partial charge on any atom is -0.477 e. The number of pyridine rings is 1. The third kappa shape index (κ3) is 3.65. The first-order valence-corrected chi connectivity index (χ1v) is 9.52. The topological polar surface area (TPSA) is 83.1 Å². The Morgan fingerprint density at radius 2 is 1.76 bits per heavy atom. The fourth-order valence-electron chi connectivity index (χ4n) is 3.44. The van der Waals surface area contributed by atoms with Gasteiger partial charge >= 0.3 is 5.97 Å². The molecular weight excluding hydrogens is 411 g/mol. The summed E-state index contributed by atoms with van der Waals surface area (Å²) in [5, 5.41) is 19.9. The Kier molecular flexibility index (Phi) is 5.78. The molecule has 1 aromatic heterocycles. The van der Waals surface area contributed by atoms with Gasteiger partial charge in [0.05, 0.1) is 16.3 Å². The van der Waals surface area contributed by atoms with E-state index < -0.39 is 11.4 Å². The molecule has 7 heteroatoms. The number of benzene rings is 2. The van der Waals surface area contributed by atoms with Crippen LogP contribution in [0, 0.1) is 18.3 Å². The summed E-state index contributed by atoms with van der Waals surface area (Å²) in [6, 6.07) is 13.3. The van der Waals surface area contributed by atoms with E-state index in [1.807, 2.05) is 13.0 Å². The Morgan fingerprint density at radius 1 is 1.14 bits per heavy atom. The van der Waals surface area contributed by atoms with Crippen molar-refractivity contribution in [3.05, 3.63) is 79.6 Å². The van der Waals surface area contributed by atoms with Crippen molar-refractivity contribution >= 4 is 29.2 Å². The molecule has 0 saturated carbocycles. The highest BCUT2D eigenvalue weighted by Gasteiger charge is 2.25. The van der Waals surface area contributed by atoms with E-state index in [2.05, 4.69) is 0 Å². The molecule has 0 atom stereocenters. The fraction of sp³-hybridized carbons (Fsp3) is 0.136. The molecule has 0 radical (unpaired) electrons. The van der Waals surface area contributed by atoms with Crippen molar-refractivity contribution in [3.63, 3.8) is 0 Å². The second kappa shape index (κ2) is 8.12. The van der Waals surface area contributed by atoms with Crippen molar-refractivity contribution in [3.8, 4) is 28.5 Å². The molecule has 0 spiro atoms. The Hall–Kier alpha value is -3.07. The van der Waals surface area contributed by atoms with E-state index in [0.717, 1.165) is 0 Å². The molecule has 0 fully saturated rings. The molecule has 2 aromatic carbocycles. The fourth-order valence-corrected chi connectivity index (χ4v) is 3.73. The Morgan fingerprint density at radius 3 is 2.31 bits per heavy atom. The van der Waals surface area contributed by atoms with Gasteiger partial charge in [-0.1, -0.05) is 41.4 Å². The number of rotatable bonds is 4. The Bertz CT molecular complexity index is 1220. The molecule has 0 aliphatic rings. The van der Waals surface area contributed by atoms with E-state index in [9.17, 15) is 20.0 Å². The number of nitrogens with zero attached hydrogens (tertiary/aromatic N) is 2. The minimum atomic E-state index is -1.32. The van der Waals surface area contributed by atoms with Crippen LogP contribution in [-0.2, 0) is 6.54 Å². The zero-order chi connectivity index (χ0) is 21.3. The summed E-state index contributed by atoms with van der Waals surface area (Å²) in [7, 11) is 0. The smallest absolute Gasteiger partial charge is 0.341 e. The van der Waals surface area contributed by atoms with E-state index >= 15 is 0 Å². The van der Waals surface area contributed by atoms with Crippen molar-refractivity contribution in [2.24, 2.45) is 0 Å². The van der Waals surface area contributed by atoms with Gasteiger partial charge in [0, 0.05) is 22.8 Å². The lowest BCUT2D eigenvalue weighted by Crippen LogP contribution is -2.25. The molecule has 0 bridgehead atoms. The number of hydrogen-bond donors (Lipinski definition) is 1. The van der Waals surface area contributed by atoms with Gasteiger partial charge in [-0.05, 0) is 49.2 Å². The quantitative estimate of drug-likeness (QED) is 0.606. The molecule has 0 aliphatic carbocycles. The van der Waals surface area contributed by atoms with Gasteiger partial charge in [0.2, 0.25) is 5.43 Å². The van der Waals surface area contributed by atoms with E-state index in [0.29, 0.717) is 34.1 Å². The predicted octanol–water partition coefficient (Wildman–Crippen LogP) is 5.39. The summed E-state index contributed by atoms with van der Waals surface area (Å²) in [6.45, 7) is 4.07. The first-order valence-electron chi connectivity index (χ1n) is 8.76. The van der Waals surface area contributed by atoms with Crippen molar-refractivity contribution in [1.82, 2.24) is 4.57 Å². The van der Waals surface area contributed by atoms with Gasteiger partial charge in [0.1, 0.15) is 11.6 Å². The van der Waals surface area contributed by atoms with Crippen LogP contribution in [0.15, 0.2) is 47.3 Å². The average Bonchev–Trinajstić information content (AvgIpc) is 2.69. The molecule has 0 unspecified atom stereocenters. The molecule has 5 nitrogen and oxygen atoms in total. The summed E-state index contributed by atoms with van der Waals surface area (Å²) in [4.78, 5) is 25.4. The van der Waals surface area contributed by atoms with Crippen molar-refractivity contribution in [1.29, 1.82) is 5.26 Å². The molecule has 146 valence electrons. The molecule has 0 amide bonds. The molecule has 1 heterocycles. The third-order valence-corrected chi connectivity index (χ3v) is 5.33. The molecule has 0 saturated heterocycles. The summed E-state index contributed by atoms with van der Waals surface area (Å²) < 4.78 is 1.78. The number of carboxylic acid groups (broad SMARTS) is 1. The Balaban J connectivity index is 2.44. The van der Waals surface area contributed by atoms with Crippen LogP contribution >= 0.6 is 23.2 Å². The van der Waals surface area contributed by atoms with Gasteiger partial charge in [0.15, 0.2) is 0 Å². The summed E-state index contributed by atoms with van der Waals surface area (Å²) in [5.74, 6) is -1.32. The molecule has 1 N–H and O–H groups in total. The van der Waals surface area contributed by atoms with Gasteiger partial charge in [-0.3, -0.25) is 4.79 Å². The monoisotopic (exact) mass is 426 g/mol. The predicted molar refractivity (Wildman–Crippen MR) is 114 cm³/mol. The average molecular weight is 427 g/mol. The molecule has 3 aromatic rings. The number of aromatic nitrogens is 1. The Labute approximate surface area is 177 Å². The number of aromatic carboxylic acids is 1. The lowest BCUT2D eigenvalue weighted by Gasteiger charge is -2.21. The maximum atomic E-state index is 13.3. The summed E-state index contributed by atoms with van der Waals surface area (Å²) in [6.07, 6.45) is 0. The second-order valence-electron chi connectivity index (χ2n) is 6.38. The van der Waals surface area contributed by atoms with Crippen LogP contribution in [0.5, 0.6) is 0 Å². The van der Waals surface area contributed by atoms with E-state index in [-0.39, 0.29) is 21.7 Å². The lowest BCUT2D eigenvalue weighted by molar-refractivity contribution is 0.0695. The zero-order valence-corrected chi connectivity index (χ0v) is 17.2. The van der Waals surface area contributed by atoms with Crippen LogP contribution in [0.3, 0.4) is 0 Å². The minimum absolute atomic E-state index is 0.213. The van der Waals surface area contributed by atoms with Crippen LogP contribution in [0.2, 0.25) is 10.0 Å². The van der Waals surface area contributed by atoms with Crippen LogP contribution in [-0.4, -0.2) is 15.6 Å². The summed E-state index contributed by atoms with van der Waals surface area (Å²) in [5.41, 5.74) is 1.44.